The molecule has 0 unspecified atom stereocenters. The van der Waals surface area contributed by atoms with Gasteiger partial charge in [-0.25, -0.2) is 4.79 Å². The predicted molar refractivity (Wildman–Crippen MR) is 73.5 cm³/mol. The summed E-state index contributed by atoms with van der Waals surface area (Å²) in [6.07, 6.45) is 4.88. The molecule has 2 aliphatic rings. The lowest BCUT2D eigenvalue weighted by Gasteiger charge is -2.34. The molecule has 0 aromatic rings. The fourth-order valence-electron chi connectivity index (χ4n) is 3.05. The van der Waals surface area contributed by atoms with Crippen LogP contribution >= 0.6 is 0 Å². The largest absolute Gasteiger partial charge is 0.481 e. The van der Waals surface area contributed by atoms with Crippen molar-refractivity contribution in [3.63, 3.8) is 0 Å². The summed E-state index contributed by atoms with van der Waals surface area (Å²) in [4.78, 5) is 24.8. The van der Waals surface area contributed by atoms with E-state index in [1.165, 1.54) is 0 Å². The maximum absolute atomic E-state index is 12.1. The van der Waals surface area contributed by atoms with Gasteiger partial charge < -0.3 is 20.1 Å². The van der Waals surface area contributed by atoms with Gasteiger partial charge in [-0.3, -0.25) is 4.79 Å². The van der Waals surface area contributed by atoms with Crippen LogP contribution in [-0.4, -0.2) is 54.4 Å². The van der Waals surface area contributed by atoms with E-state index >= 15 is 0 Å². The monoisotopic (exact) mass is 284 g/mol. The Labute approximate surface area is 119 Å². The first-order chi connectivity index (χ1) is 9.60. The minimum absolute atomic E-state index is 0.0154. The second-order valence-electron chi connectivity index (χ2n) is 5.76. The number of carbonyl (C=O) groups is 2. The van der Waals surface area contributed by atoms with Crippen LogP contribution in [0.25, 0.3) is 0 Å². The van der Waals surface area contributed by atoms with E-state index < -0.39 is 5.97 Å². The number of aliphatic carboxylic acids is 1. The van der Waals surface area contributed by atoms with E-state index in [4.69, 9.17) is 9.84 Å². The highest BCUT2D eigenvalue weighted by atomic mass is 16.5. The van der Waals surface area contributed by atoms with Gasteiger partial charge in [0.25, 0.3) is 0 Å². The fraction of sp³-hybridized carbons (Fsp3) is 0.857. The van der Waals surface area contributed by atoms with E-state index in [1.54, 1.807) is 7.11 Å². The Morgan fingerprint density at radius 1 is 1.10 bits per heavy atom. The van der Waals surface area contributed by atoms with Crippen molar-refractivity contribution in [2.24, 2.45) is 5.92 Å². The number of urea groups is 1. The highest BCUT2D eigenvalue weighted by molar-refractivity contribution is 5.74. The quantitative estimate of drug-likeness (QED) is 0.822. The average molecular weight is 284 g/mol. The molecule has 0 aromatic heterocycles. The second-order valence-corrected chi connectivity index (χ2v) is 5.76. The van der Waals surface area contributed by atoms with Crippen molar-refractivity contribution >= 4 is 12.0 Å². The summed E-state index contributed by atoms with van der Waals surface area (Å²) in [5, 5.41) is 12.0. The van der Waals surface area contributed by atoms with Crippen molar-refractivity contribution in [2.75, 3.05) is 20.2 Å². The number of ether oxygens (including phenoxy) is 1. The van der Waals surface area contributed by atoms with Crippen LogP contribution in [-0.2, 0) is 9.53 Å². The molecule has 2 N–H and O–H groups in total. The van der Waals surface area contributed by atoms with Crippen molar-refractivity contribution in [3.05, 3.63) is 0 Å². The van der Waals surface area contributed by atoms with Crippen LogP contribution in [0.15, 0.2) is 0 Å². The highest BCUT2D eigenvalue weighted by Crippen LogP contribution is 2.24. The topological polar surface area (TPSA) is 78.9 Å². The molecule has 1 aliphatic carbocycles. The minimum Gasteiger partial charge on any atom is -0.481 e. The number of carboxylic acid groups (broad SMARTS) is 1. The van der Waals surface area contributed by atoms with Crippen LogP contribution in [0.1, 0.15) is 38.5 Å². The number of nitrogens with zero attached hydrogens (tertiary/aromatic N) is 1. The molecule has 1 heterocycles. The number of methoxy groups -OCH3 is 1. The maximum atomic E-state index is 12.1. The van der Waals surface area contributed by atoms with Gasteiger partial charge in [-0.1, -0.05) is 0 Å². The van der Waals surface area contributed by atoms with Crippen LogP contribution in [0.5, 0.6) is 0 Å². The Kier molecular flexibility index (Phi) is 5.23. The summed E-state index contributed by atoms with van der Waals surface area (Å²) >= 11 is 0. The van der Waals surface area contributed by atoms with Gasteiger partial charge in [0, 0.05) is 26.2 Å². The van der Waals surface area contributed by atoms with Gasteiger partial charge in [-0.15, -0.1) is 0 Å². The molecule has 1 saturated heterocycles. The predicted octanol–water partition coefficient (Wildman–Crippen LogP) is 1.45. The molecule has 2 amide bonds. The van der Waals surface area contributed by atoms with E-state index in [1.807, 2.05) is 4.90 Å². The van der Waals surface area contributed by atoms with Crippen molar-refractivity contribution in [3.8, 4) is 0 Å². The lowest BCUT2D eigenvalue weighted by atomic mass is 9.86. The van der Waals surface area contributed by atoms with Crippen LogP contribution in [0.2, 0.25) is 0 Å². The molecular weight excluding hydrogens is 260 g/mol. The maximum Gasteiger partial charge on any atom is 0.317 e. The lowest BCUT2D eigenvalue weighted by molar-refractivity contribution is -0.142. The number of likely N-dealkylation sites (tertiary alicyclic amines) is 1. The summed E-state index contributed by atoms with van der Waals surface area (Å²) in [5.74, 6) is -0.947. The lowest BCUT2D eigenvalue weighted by Crippen LogP contribution is -2.49. The van der Waals surface area contributed by atoms with Crippen molar-refractivity contribution in [1.29, 1.82) is 0 Å². The molecule has 0 spiro atoms. The van der Waals surface area contributed by atoms with Gasteiger partial charge in [-0.2, -0.15) is 0 Å². The first kappa shape index (κ1) is 15.1. The summed E-state index contributed by atoms with van der Waals surface area (Å²) in [5.41, 5.74) is 0. The van der Waals surface area contributed by atoms with Crippen LogP contribution in [0.3, 0.4) is 0 Å². The van der Waals surface area contributed by atoms with Gasteiger partial charge >= 0.3 is 12.0 Å². The molecule has 0 atom stereocenters. The van der Waals surface area contributed by atoms with Crippen LogP contribution < -0.4 is 5.32 Å². The average Bonchev–Trinajstić information content (AvgIpc) is 2.48. The number of rotatable bonds is 3. The third-order valence-electron chi connectivity index (χ3n) is 4.47. The SMILES string of the molecule is COC1CCN(C(=O)NC2CCC(C(=O)O)CC2)CC1. The summed E-state index contributed by atoms with van der Waals surface area (Å²) in [6.45, 7) is 1.46. The first-order valence-electron chi connectivity index (χ1n) is 7.41. The Hall–Kier alpha value is -1.30. The molecule has 6 nitrogen and oxygen atoms in total. The van der Waals surface area contributed by atoms with Gasteiger partial charge in [0.2, 0.25) is 0 Å². The van der Waals surface area contributed by atoms with E-state index in [2.05, 4.69) is 5.32 Å². The number of amides is 2. The highest BCUT2D eigenvalue weighted by Gasteiger charge is 2.29. The van der Waals surface area contributed by atoms with Gasteiger partial charge in [0.15, 0.2) is 0 Å². The zero-order chi connectivity index (χ0) is 14.5. The number of hydrogen-bond donors (Lipinski definition) is 2. The molecule has 20 heavy (non-hydrogen) atoms. The summed E-state index contributed by atoms with van der Waals surface area (Å²) < 4.78 is 5.29. The molecule has 1 saturated carbocycles. The standard InChI is InChI=1S/C14H24N2O4/c1-20-12-6-8-16(9-7-12)14(19)15-11-4-2-10(3-5-11)13(17)18/h10-12H,2-9H2,1H3,(H,15,19)(H,17,18). The Morgan fingerprint density at radius 2 is 1.70 bits per heavy atom. The molecule has 0 aromatic carbocycles. The molecule has 1 aliphatic heterocycles. The Balaban J connectivity index is 1.72. The molecule has 2 fully saturated rings. The zero-order valence-corrected chi connectivity index (χ0v) is 12.0. The van der Waals surface area contributed by atoms with Crippen molar-refractivity contribution in [1.82, 2.24) is 10.2 Å². The van der Waals surface area contributed by atoms with E-state index in [0.29, 0.717) is 12.8 Å². The Bertz CT molecular complexity index is 345. The third kappa shape index (κ3) is 3.85. The van der Waals surface area contributed by atoms with E-state index in [-0.39, 0.29) is 24.1 Å². The zero-order valence-electron chi connectivity index (χ0n) is 12.0. The molecule has 0 radical (unpaired) electrons. The third-order valence-corrected chi connectivity index (χ3v) is 4.47. The van der Waals surface area contributed by atoms with Gasteiger partial charge in [-0.05, 0) is 38.5 Å². The molecular formula is C14H24N2O4. The minimum atomic E-state index is -0.712. The summed E-state index contributed by atoms with van der Waals surface area (Å²) in [7, 11) is 1.71. The van der Waals surface area contributed by atoms with Gasteiger partial charge in [0.1, 0.15) is 0 Å². The van der Waals surface area contributed by atoms with E-state index in [0.717, 1.165) is 38.8 Å². The van der Waals surface area contributed by atoms with E-state index in [9.17, 15) is 9.59 Å². The number of piperidine rings is 1. The fourth-order valence-corrected chi connectivity index (χ4v) is 3.05. The first-order valence-corrected chi connectivity index (χ1v) is 7.41. The number of hydrogen-bond acceptors (Lipinski definition) is 3. The molecule has 114 valence electrons. The van der Waals surface area contributed by atoms with Gasteiger partial charge in [0.05, 0.1) is 12.0 Å². The second kappa shape index (κ2) is 6.92. The van der Waals surface area contributed by atoms with Crippen LogP contribution in [0, 0.1) is 5.92 Å². The number of carbonyl (C=O) groups excluding carboxylic acids is 1. The summed E-state index contributed by atoms with van der Waals surface area (Å²) in [6, 6.07) is 0.108. The van der Waals surface area contributed by atoms with Crippen LogP contribution in [0.4, 0.5) is 4.79 Å². The van der Waals surface area contributed by atoms with Crippen molar-refractivity contribution < 1.29 is 19.4 Å². The molecule has 2 rings (SSSR count). The Morgan fingerprint density at radius 3 is 2.20 bits per heavy atom. The normalized spacial score (nSPS) is 28.1. The van der Waals surface area contributed by atoms with Crippen molar-refractivity contribution in [2.45, 2.75) is 50.7 Å². The molecule has 6 heteroatoms. The molecule has 0 bridgehead atoms. The number of carboxylic acids is 1. The smallest absolute Gasteiger partial charge is 0.317 e. The number of nitrogens with one attached hydrogen (secondary N) is 1.